The summed E-state index contributed by atoms with van der Waals surface area (Å²) < 4.78 is 28.5. The first-order valence-corrected chi connectivity index (χ1v) is 4.65. The molecule has 0 unspecified atom stereocenters. The van der Waals surface area contributed by atoms with E-state index in [1.54, 1.807) is 0 Å². The first-order chi connectivity index (χ1) is 4.77. The van der Waals surface area contributed by atoms with Crippen LogP contribution in [0, 0.1) is 0 Å². The number of hydrogen-bond donors (Lipinski definition) is 3. The number of rotatable bonds is 4. The molecule has 0 aromatic rings. The van der Waals surface area contributed by atoms with Crippen LogP contribution in [0.15, 0.2) is 0 Å². The molecule has 0 fully saturated rings. The van der Waals surface area contributed by atoms with Gasteiger partial charge in [0.25, 0.3) is 10.1 Å². The predicted octanol–water partition coefficient (Wildman–Crippen LogP) is -1.16. The standard InChI is InChI=1S/C4H11NO5S.Na.H/c1-2-5(6,7)3-4-11(8,9)10;;/h6-7H,2-4H2,1H3;;/p+1. The zero-order valence-corrected chi connectivity index (χ0v) is 6.95. The summed E-state index contributed by atoms with van der Waals surface area (Å²) in [5.74, 6) is -0.659. The third-order valence-corrected chi connectivity index (χ3v) is 1.91. The van der Waals surface area contributed by atoms with Crippen molar-refractivity contribution >= 4 is 39.7 Å². The zero-order chi connectivity index (χ0) is 9.12. The molecule has 0 aliphatic rings. The van der Waals surface area contributed by atoms with E-state index in [1.807, 2.05) is 0 Å². The molecule has 0 radical (unpaired) electrons. The van der Waals surface area contributed by atoms with Crippen molar-refractivity contribution in [3.05, 3.63) is 0 Å². The van der Waals surface area contributed by atoms with Gasteiger partial charge in [0, 0.05) is 0 Å². The van der Waals surface area contributed by atoms with Crippen molar-refractivity contribution in [1.82, 2.24) is 0 Å². The Balaban J connectivity index is 0. The summed E-state index contributed by atoms with van der Waals surface area (Å²) in [6.07, 6.45) is 0. The average Bonchev–Trinajstić information content (AvgIpc) is 1.83. The van der Waals surface area contributed by atoms with Crippen LogP contribution >= 0.6 is 0 Å². The van der Waals surface area contributed by atoms with Gasteiger partial charge in [-0.1, -0.05) is 0 Å². The molecule has 0 saturated heterocycles. The monoisotopic (exact) mass is 210 g/mol. The maximum atomic E-state index is 10.1. The van der Waals surface area contributed by atoms with E-state index in [-0.39, 0.29) is 36.1 Å². The van der Waals surface area contributed by atoms with Crippen molar-refractivity contribution in [3.63, 3.8) is 0 Å². The molecule has 0 atom stereocenters. The van der Waals surface area contributed by atoms with E-state index < -0.39 is 27.2 Å². The van der Waals surface area contributed by atoms with Crippen LogP contribution in [0.5, 0.6) is 0 Å². The molecule has 0 aromatic heterocycles. The number of hydroxylamine groups is 4. The number of quaternary nitrogens is 1. The van der Waals surface area contributed by atoms with E-state index >= 15 is 0 Å². The number of hydrogen-bond acceptors (Lipinski definition) is 4. The first kappa shape index (κ1) is 15.3. The van der Waals surface area contributed by atoms with Crippen molar-refractivity contribution < 1.29 is 28.2 Å². The van der Waals surface area contributed by atoms with E-state index in [4.69, 9.17) is 15.0 Å². The van der Waals surface area contributed by atoms with Crippen LogP contribution in [0.1, 0.15) is 6.92 Å². The molecular weight excluding hydrogens is 197 g/mol. The summed E-state index contributed by atoms with van der Waals surface area (Å²) in [6, 6.07) is 0. The molecule has 0 rings (SSSR count). The van der Waals surface area contributed by atoms with E-state index in [9.17, 15) is 8.42 Å². The zero-order valence-electron chi connectivity index (χ0n) is 6.13. The van der Waals surface area contributed by atoms with E-state index in [0.29, 0.717) is 0 Å². The Labute approximate surface area is 93.3 Å². The maximum absolute atomic E-state index is 10.1. The summed E-state index contributed by atoms with van der Waals surface area (Å²) in [5.41, 5.74) is 0. The van der Waals surface area contributed by atoms with Crippen molar-refractivity contribution in [2.45, 2.75) is 6.92 Å². The summed E-state index contributed by atoms with van der Waals surface area (Å²) in [6.45, 7) is 1.01. The molecule has 0 amide bonds. The molecule has 12 heavy (non-hydrogen) atoms. The van der Waals surface area contributed by atoms with E-state index in [0.717, 1.165) is 0 Å². The fourth-order valence-electron chi connectivity index (χ4n) is 0.420. The van der Waals surface area contributed by atoms with E-state index in [1.165, 1.54) is 6.92 Å². The Morgan fingerprint density at radius 2 is 1.75 bits per heavy atom. The van der Waals surface area contributed by atoms with Gasteiger partial charge in [-0.25, -0.2) is 0 Å². The fraction of sp³-hybridized carbons (Fsp3) is 1.00. The van der Waals surface area contributed by atoms with Gasteiger partial charge >= 0.3 is 29.6 Å². The van der Waals surface area contributed by atoms with Gasteiger partial charge < -0.3 is 0 Å². The second-order valence-electron chi connectivity index (χ2n) is 2.20. The molecule has 0 aliphatic carbocycles. The van der Waals surface area contributed by atoms with Crippen molar-refractivity contribution in [2.24, 2.45) is 0 Å². The van der Waals surface area contributed by atoms with Gasteiger partial charge in [-0.2, -0.15) is 18.8 Å². The molecule has 0 heterocycles. The van der Waals surface area contributed by atoms with Crippen LogP contribution in [-0.4, -0.2) is 76.6 Å². The molecule has 0 aliphatic heterocycles. The van der Waals surface area contributed by atoms with E-state index in [2.05, 4.69) is 0 Å². The topological polar surface area (TPSA) is 94.8 Å². The quantitative estimate of drug-likeness (QED) is 0.235. The Morgan fingerprint density at radius 1 is 1.33 bits per heavy atom. The summed E-state index contributed by atoms with van der Waals surface area (Å²) >= 11 is 0. The predicted molar refractivity (Wildman–Crippen MR) is 42.8 cm³/mol. The van der Waals surface area contributed by atoms with Gasteiger partial charge in [0.1, 0.15) is 12.3 Å². The van der Waals surface area contributed by atoms with Gasteiger partial charge in [0.2, 0.25) is 0 Å². The third-order valence-electron chi connectivity index (χ3n) is 1.21. The van der Waals surface area contributed by atoms with Crippen LogP contribution < -0.4 is 0 Å². The molecule has 0 bridgehead atoms. The Bertz CT molecular complexity index is 213. The second kappa shape index (κ2) is 5.51. The molecular formula is C4H13NNaO5S+. The van der Waals surface area contributed by atoms with Crippen molar-refractivity contribution in [2.75, 3.05) is 18.8 Å². The first-order valence-electron chi connectivity index (χ1n) is 3.04. The van der Waals surface area contributed by atoms with Crippen LogP contribution in [0.4, 0.5) is 0 Å². The van der Waals surface area contributed by atoms with Gasteiger partial charge in [-0.15, -0.1) is 0 Å². The van der Waals surface area contributed by atoms with Gasteiger partial charge in [0.05, 0.1) is 0 Å². The van der Waals surface area contributed by atoms with Gasteiger partial charge in [0.15, 0.2) is 6.54 Å². The number of nitrogens with zero attached hydrogens (tertiary/aromatic N) is 1. The molecule has 6 nitrogen and oxygen atoms in total. The van der Waals surface area contributed by atoms with Crippen molar-refractivity contribution in [3.8, 4) is 0 Å². The van der Waals surface area contributed by atoms with Crippen LogP contribution in [0.2, 0.25) is 0 Å². The van der Waals surface area contributed by atoms with Gasteiger partial charge in [-0.05, 0) is 11.7 Å². The third kappa shape index (κ3) is 8.88. The molecule has 0 spiro atoms. The molecule has 8 heteroatoms. The van der Waals surface area contributed by atoms with Gasteiger partial charge in [-0.3, -0.25) is 4.55 Å². The SMILES string of the molecule is CC[N+](O)(O)CCS(=O)(=O)O.[NaH]. The molecule has 0 aromatic carbocycles. The minimum absolute atomic E-state index is 0. The second-order valence-corrected chi connectivity index (χ2v) is 3.78. The normalized spacial score (nSPS) is 12.3. The fourth-order valence-corrected chi connectivity index (χ4v) is 0.943. The summed E-state index contributed by atoms with van der Waals surface area (Å²) in [4.78, 5) is -1.39. The Kier molecular flexibility index (Phi) is 7.01. The Hall–Kier alpha value is 0.790. The molecule has 70 valence electrons. The average molecular weight is 210 g/mol. The summed E-state index contributed by atoms with van der Waals surface area (Å²) in [5, 5.41) is 17.6. The minimum atomic E-state index is -4.10. The molecule has 0 saturated carbocycles. The summed E-state index contributed by atoms with van der Waals surface area (Å²) in [7, 11) is -4.10. The van der Waals surface area contributed by atoms with Crippen molar-refractivity contribution in [1.29, 1.82) is 0 Å². The Morgan fingerprint density at radius 3 is 2.00 bits per heavy atom. The molecule has 3 N–H and O–H groups in total. The van der Waals surface area contributed by atoms with Crippen LogP contribution in [0.25, 0.3) is 0 Å². The van der Waals surface area contributed by atoms with Crippen LogP contribution in [0.3, 0.4) is 0 Å². The van der Waals surface area contributed by atoms with Crippen LogP contribution in [-0.2, 0) is 10.1 Å².